The number of guanidine groups is 1. The molecule has 0 aliphatic heterocycles. The van der Waals surface area contributed by atoms with Crippen LogP contribution in [0.1, 0.15) is 39.0 Å². The topological polar surface area (TPSA) is 91.8 Å². The first kappa shape index (κ1) is 20.2. The van der Waals surface area contributed by atoms with Gasteiger partial charge in [0.1, 0.15) is 0 Å². The summed E-state index contributed by atoms with van der Waals surface area (Å²) in [4.78, 5) is 4.09. The summed E-state index contributed by atoms with van der Waals surface area (Å²) in [6, 6.07) is 0. The Bertz CT molecular complexity index is 436. The lowest BCUT2D eigenvalue weighted by Gasteiger charge is -2.25. The van der Waals surface area contributed by atoms with Crippen LogP contribution in [0, 0.1) is 5.92 Å². The van der Waals surface area contributed by atoms with Crippen molar-refractivity contribution in [2.45, 2.75) is 39.0 Å². The van der Waals surface area contributed by atoms with Crippen molar-refractivity contribution in [2.24, 2.45) is 10.9 Å². The van der Waals surface area contributed by atoms with Crippen LogP contribution in [0.4, 0.5) is 0 Å². The normalized spacial score (nSPS) is 16.2. The number of nitrogens with one attached hydrogen (secondary N) is 3. The predicted octanol–water partition coefficient (Wildman–Crippen LogP) is 0.688. The van der Waals surface area contributed by atoms with Gasteiger partial charge in [-0.25, -0.2) is 13.1 Å². The molecule has 1 rings (SSSR count). The summed E-state index contributed by atoms with van der Waals surface area (Å²) >= 11 is 0. The van der Waals surface area contributed by atoms with Crippen molar-refractivity contribution in [3.05, 3.63) is 0 Å². The maximum absolute atomic E-state index is 11.9. The Kier molecular flexibility index (Phi) is 10.2. The number of hydrogen-bond donors (Lipinski definition) is 3. The van der Waals surface area contributed by atoms with E-state index in [1.54, 1.807) is 7.05 Å². The molecule has 136 valence electrons. The minimum atomic E-state index is -3.20. The van der Waals surface area contributed by atoms with E-state index in [2.05, 4.69) is 20.3 Å². The summed E-state index contributed by atoms with van der Waals surface area (Å²) in [5.41, 5.74) is 0. The molecule has 0 spiro atoms. The molecular formula is C15H32N4O3S. The second-order valence-corrected chi connectivity index (χ2v) is 7.72. The Labute approximate surface area is 140 Å². The number of unbranched alkanes of at least 4 members (excludes halogenated alkanes) is 1. The molecule has 0 unspecified atom stereocenters. The molecule has 0 aromatic rings. The van der Waals surface area contributed by atoms with Gasteiger partial charge in [-0.15, -0.1) is 0 Å². The smallest absolute Gasteiger partial charge is 0.213 e. The van der Waals surface area contributed by atoms with E-state index in [0.29, 0.717) is 25.0 Å². The van der Waals surface area contributed by atoms with Gasteiger partial charge in [0.05, 0.1) is 5.75 Å². The molecule has 0 amide bonds. The molecule has 0 atom stereocenters. The van der Waals surface area contributed by atoms with Crippen molar-refractivity contribution in [1.82, 2.24) is 15.4 Å². The van der Waals surface area contributed by atoms with Gasteiger partial charge in [0.2, 0.25) is 10.0 Å². The molecule has 7 nitrogen and oxygen atoms in total. The average Bonchev–Trinajstić information content (AvgIpc) is 2.47. The zero-order valence-corrected chi connectivity index (χ0v) is 15.3. The summed E-state index contributed by atoms with van der Waals surface area (Å²) in [6.07, 6.45) is 5.49. The van der Waals surface area contributed by atoms with Crippen LogP contribution in [0.15, 0.2) is 4.99 Å². The number of hydrogen-bond acceptors (Lipinski definition) is 4. The number of rotatable bonds is 12. The molecule has 1 aliphatic carbocycles. The second-order valence-electron chi connectivity index (χ2n) is 5.79. The van der Waals surface area contributed by atoms with Crippen molar-refractivity contribution in [1.29, 1.82) is 0 Å². The van der Waals surface area contributed by atoms with Crippen LogP contribution in [-0.2, 0) is 14.8 Å². The Morgan fingerprint density at radius 2 is 1.96 bits per heavy atom. The van der Waals surface area contributed by atoms with Crippen LogP contribution in [-0.4, -0.2) is 60.0 Å². The van der Waals surface area contributed by atoms with E-state index in [1.165, 1.54) is 6.42 Å². The van der Waals surface area contributed by atoms with E-state index >= 15 is 0 Å². The van der Waals surface area contributed by atoms with E-state index in [0.717, 1.165) is 45.4 Å². The maximum Gasteiger partial charge on any atom is 0.213 e. The highest BCUT2D eigenvalue weighted by Crippen LogP contribution is 2.25. The van der Waals surface area contributed by atoms with Gasteiger partial charge in [-0.2, -0.15) is 0 Å². The van der Waals surface area contributed by atoms with Crippen molar-refractivity contribution < 1.29 is 13.2 Å². The Morgan fingerprint density at radius 1 is 1.22 bits per heavy atom. The molecule has 0 aromatic carbocycles. The molecule has 3 N–H and O–H groups in total. The SMILES string of the molecule is CCOCCCCNC(=NC)NCCS(=O)(=O)NCC1CCC1. The van der Waals surface area contributed by atoms with Gasteiger partial charge in [-0.1, -0.05) is 6.42 Å². The average molecular weight is 349 g/mol. The summed E-state index contributed by atoms with van der Waals surface area (Å²) in [5, 5.41) is 6.20. The van der Waals surface area contributed by atoms with Gasteiger partial charge in [0, 0.05) is 39.9 Å². The quantitative estimate of drug-likeness (QED) is 0.274. The van der Waals surface area contributed by atoms with E-state index < -0.39 is 10.0 Å². The lowest BCUT2D eigenvalue weighted by molar-refractivity contribution is 0.143. The Hall–Kier alpha value is -0.860. The molecule has 1 fully saturated rings. The second kappa shape index (κ2) is 11.6. The predicted molar refractivity (Wildman–Crippen MR) is 94.2 cm³/mol. The number of ether oxygens (including phenoxy) is 1. The van der Waals surface area contributed by atoms with Gasteiger partial charge in [0.15, 0.2) is 5.96 Å². The van der Waals surface area contributed by atoms with Crippen LogP contribution in [0.25, 0.3) is 0 Å². The third-order valence-electron chi connectivity index (χ3n) is 3.92. The zero-order valence-electron chi connectivity index (χ0n) is 14.4. The monoisotopic (exact) mass is 348 g/mol. The third-order valence-corrected chi connectivity index (χ3v) is 5.26. The van der Waals surface area contributed by atoms with E-state index in [-0.39, 0.29) is 5.75 Å². The molecule has 1 saturated carbocycles. The van der Waals surface area contributed by atoms with Crippen molar-refractivity contribution in [3.8, 4) is 0 Å². The fourth-order valence-electron chi connectivity index (χ4n) is 2.22. The van der Waals surface area contributed by atoms with Gasteiger partial charge in [0.25, 0.3) is 0 Å². The van der Waals surface area contributed by atoms with E-state index in [1.807, 2.05) is 6.92 Å². The van der Waals surface area contributed by atoms with E-state index in [9.17, 15) is 8.42 Å². The van der Waals surface area contributed by atoms with Gasteiger partial charge < -0.3 is 15.4 Å². The van der Waals surface area contributed by atoms with Crippen molar-refractivity contribution in [3.63, 3.8) is 0 Å². The third kappa shape index (κ3) is 9.78. The maximum atomic E-state index is 11.9. The first-order valence-electron chi connectivity index (χ1n) is 8.57. The Morgan fingerprint density at radius 3 is 2.57 bits per heavy atom. The van der Waals surface area contributed by atoms with Gasteiger partial charge in [-0.05, 0) is 38.5 Å². The van der Waals surface area contributed by atoms with Crippen LogP contribution < -0.4 is 15.4 Å². The number of sulfonamides is 1. The Balaban J connectivity index is 2.08. The molecule has 23 heavy (non-hydrogen) atoms. The highest BCUT2D eigenvalue weighted by molar-refractivity contribution is 7.89. The van der Waals surface area contributed by atoms with Crippen molar-refractivity contribution >= 4 is 16.0 Å². The molecule has 8 heteroatoms. The number of aliphatic imine (C=N–C) groups is 1. The van der Waals surface area contributed by atoms with Gasteiger partial charge in [-0.3, -0.25) is 4.99 Å². The molecule has 0 bridgehead atoms. The molecule has 0 saturated heterocycles. The highest BCUT2D eigenvalue weighted by atomic mass is 32.2. The lowest BCUT2D eigenvalue weighted by Crippen LogP contribution is -2.42. The number of nitrogens with zero attached hydrogens (tertiary/aromatic N) is 1. The minimum absolute atomic E-state index is 0.0603. The van der Waals surface area contributed by atoms with E-state index in [4.69, 9.17) is 4.74 Å². The first-order valence-corrected chi connectivity index (χ1v) is 10.2. The fourth-order valence-corrected chi connectivity index (χ4v) is 3.22. The van der Waals surface area contributed by atoms with Crippen LogP contribution in [0.5, 0.6) is 0 Å². The fraction of sp³-hybridized carbons (Fsp3) is 0.933. The molecule has 0 radical (unpaired) electrons. The first-order chi connectivity index (χ1) is 11.1. The molecule has 0 heterocycles. The minimum Gasteiger partial charge on any atom is -0.382 e. The largest absolute Gasteiger partial charge is 0.382 e. The summed E-state index contributed by atoms with van der Waals surface area (Å²) in [5.74, 6) is 1.23. The summed E-state index contributed by atoms with van der Waals surface area (Å²) < 4.78 is 31.7. The molecule has 1 aliphatic rings. The molecule has 0 aromatic heterocycles. The lowest BCUT2D eigenvalue weighted by atomic mass is 9.86. The molecular weight excluding hydrogens is 316 g/mol. The van der Waals surface area contributed by atoms with Crippen LogP contribution >= 0.6 is 0 Å². The standard InChI is InChI=1S/C15H32N4O3S/c1-3-22-11-5-4-9-17-15(16-2)18-10-12-23(20,21)19-13-14-7-6-8-14/h14,19H,3-13H2,1-2H3,(H2,16,17,18). The van der Waals surface area contributed by atoms with Crippen LogP contribution in [0.2, 0.25) is 0 Å². The summed E-state index contributed by atoms with van der Waals surface area (Å²) in [6.45, 7) is 5.22. The highest BCUT2D eigenvalue weighted by Gasteiger charge is 2.19. The van der Waals surface area contributed by atoms with Crippen molar-refractivity contribution in [2.75, 3.05) is 45.6 Å². The van der Waals surface area contributed by atoms with Crippen LogP contribution in [0.3, 0.4) is 0 Å². The zero-order chi connectivity index (χ0) is 17.0. The van der Waals surface area contributed by atoms with Gasteiger partial charge >= 0.3 is 0 Å². The summed E-state index contributed by atoms with van der Waals surface area (Å²) in [7, 11) is -1.52.